The Kier molecular flexibility index (Phi) is 12.1. The molecule has 0 aliphatic heterocycles. The fraction of sp³-hybridized carbons (Fsp3) is 0.297. The summed E-state index contributed by atoms with van der Waals surface area (Å²) in [5.74, 6) is -1.26. The maximum Gasteiger partial charge on any atom is 0.416 e. The molecule has 2 amide bonds. The maximum absolute atomic E-state index is 14.6. The highest BCUT2D eigenvalue weighted by Crippen LogP contribution is 2.34. The zero-order valence-electron chi connectivity index (χ0n) is 27.0. The summed E-state index contributed by atoms with van der Waals surface area (Å²) in [6.45, 7) is -1.13. The van der Waals surface area contributed by atoms with Gasteiger partial charge in [-0.15, -0.1) is 0 Å². The van der Waals surface area contributed by atoms with Crippen molar-refractivity contribution in [2.45, 2.75) is 68.2 Å². The normalized spacial score (nSPS) is 14.5. The average molecular weight is 747 g/mol. The minimum absolute atomic E-state index is 0.0747. The molecule has 50 heavy (non-hydrogen) atoms. The van der Waals surface area contributed by atoms with Crippen LogP contribution in [0.15, 0.2) is 108 Å². The largest absolute Gasteiger partial charge is 0.416 e. The van der Waals surface area contributed by atoms with Crippen LogP contribution in [0.2, 0.25) is 10.0 Å². The van der Waals surface area contributed by atoms with Crippen LogP contribution >= 0.6 is 23.2 Å². The van der Waals surface area contributed by atoms with E-state index in [1.54, 1.807) is 30.3 Å². The second-order valence-corrected chi connectivity index (χ2v) is 14.9. The fourth-order valence-electron chi connectivity index (χ4n) is 6.02. The Labute approximate surface area is 300 Å². The lowest BCUT2D eigenvalue weighted by Crippen LogP contribution is -2.55. The van der Waals surface area contributed by atoms with E-state index in [1.807, 2.05) is 18.2 Å². The van der Waals surface area contributed by atoms with Crippen LogP contribution in [0.3, 0.4) is 0 Å². The van der Waals surface area contributed by atoms with Crippen molar-refractivity contribution in [1.82, 2.24) is 10.2 Å². The van der Waals surface area contributed by atoms with E-state index in [1.165, 1.54) is 41.3 Å². The van der Waals surface area contributed by atoms with Crippen LogP contribution in [-0.4, -0.2) is 43.8 Å². The fourth-order valence-corrected chi connectivity index (χ4v) is 7.91. The van der Waals surface area contributed by atoms with Crippen LogP contribution in [0.5, 0.6) is 0 Å². The molecular weight excluding hydrogens is 710 g/mol. The van der Waals surface area contributed by atoms with Gasteiger partial charge in [-0.25, -0.2) is 8.42 Å². The number of benzene rings is 4. The number of alkyl halides is 3. The van der Waals surface area contributed by atoms with Crippen molar-refractivity contribution >= 4 is 50.7 Å². The molecule has 1 aliphatic carbocycles. The Hall–Kier alpha value is -4.06. The van der Waals surface area contributed by atoms with Gasteiger partial charge in [-0.1, -0.05) is 103 Å². The van der Waals surface area contributed by atoms with Crippen LogP contribution in [0.4, 0.5) is 18.9 Å². The predicted molar refractivity (Wildman–Crippen MR) is 188 cm³/mol. The number of carbonyl (C=O) groups is 2. The van der Waals surface area contributed by atoms with E-state index >= 15 is 0 Å². The molecule has 0 saturated heterocycles. The number of rotatable bonds is 12. The third kappa shape index (κ3) is 9.38. The van der Waals surface area contributed by atoms with Gasteiger partial charge < -0.3 is 10.2 Å². The summed E-state index contributed by atoms with van der Waals surface area (Å²) in [5.41, 5.74) is -0.283. The first kappa shape index (κ1) is 37.2. The van der Waals surface area contributed by atoms with Gasteiger partial charge in [0.15, 0.2) is 0 Å². The van der Waals surface area contributed by atoms with E-state index in [0.717, 1.165) is 49.8 Å². The number of hydrogen-bond acceptors (Lipinski definition) is 4. The first-order chi connectivity index (χ1) is 23.8. The molecule has 4 aromatic rings. The van der Waals surface area contributed by atoms with E-state index in [4.69, 9.17) is 23.2 Å². The minimum Gasteiger partial charge on any atom is -0.352 e. The first-order valence-electron chi connectivity index (χ1n) is 16.2. The van der Waals surface area contributed by atoms with Gasteiger partial charge >= 0.3 is 6.18 Å². The Morgan fingerprint density at radius 3 is 2.14 bits per heavy atom. The van der Waals surface area contributed by atoms with Gasteiger partial charge in [0.1, 0.15) is 12.6 Å². The first-order valence-corrected chi connectivity index (χ1v) is 18.4. The zero-order chi connectivity index (χ0) is 35.9. The van der Waals surface area contributed by atoms with Crippen molar-refractivity contribution < 1.29 is 31.2 Å². The number of halogens is 5. The maximum atomic E-state index is 14.6. The summed E-state index contributed by atoms with van der Waals surface area (Å²) in [7, 11) is -4.58. The number of sulfonamides is 1. The van der Waals surface area contributed by atoms with E-state index < -0.39 is 46.2 Å². The number of amides is 2. The van der Waals surface area contributed by atoms with E-state index in [9.17, 15) is 31.2 Å². The summed E-state index contributed by atoms with van der Waals surface area (Å²) in [4.78, 5) is 29.9. The summed E-state index contributed by atoms with van der Waals surface area (Å²) in [5, 5.41) is 3.67. The van der Waals surface area contributed by atoms with Crippen molar-refractivity contribution in [3.63, 3.8) is 0 Å². The van der Waals surface area contributed by atoms with Crippen LogP contribution in [0, 0.1) is 0 Å². The molecule has 0 bridgehead atoms. The molecule has 0 heterocycles. The number of nitrogens with one attached hydrogen (secondary N) is 1. The monoisotopic (exact) mass is 745 g/mol. The highest BCUT2D eigenvalue weighted by molar-refractivity contribution is 7.92. The van der Waals surface area contributed by atoms with Crippen LogP contribution < -0.4 is 9.62 Å². The molecule has 13 heteroatoms. The zero-order valence-corrected chi connectivity index (χ0v) is 29.3. The molecule has 1 aliphatic rings. The van der Waals surface area contributed by atoms with Gasteiger partial charge in [0.2, 0.25) is 11.8 Å². The van der Waals surface area contributed by atoms with Crippen LogP contribution in [0.25, 0.3) is 0 Å². The van der Waals surface area contributed by atoms with Gasteiger partial charge in [-0.05, 0) is 66.4 Å². The molecular formula is C37H36Cl2F3N3O4S. The average Bonchev–Trinajstić information content (AvgIpc) is 3.10. The van der Waals surface area contributed by atoms with Gasteiger partial charge in [0, 0.05) is 29.1 Å². The summed E-state index contributed by atoms with van der Waals surface area (Å²) in [6.07, 6.45) is -0.205. The highest BCUT2D eigenvalue weighted by atomic mass is 35.5. The van der Waals surface area contributed by atoms with Gasteiger partial charge in [0.05, 0.1) is 16.1 Å². The molecule has 264 valence electrons. The Morgan fingerprint density at radius 1 is 0.840 bits per heavy atom. The number of nitrogens with zero attached hydrogens (tertiary/aromatic N) is 2. The van der Waals surface area contributed by atoms with Crippen molar-refractivity contribution in [1.29, 1.82) is 0 Å². The van der Waals surface area contributed by atoms with E-state index in [-0.39, 0.29) is 34.6 Å². The summed E-state index contributed by atoms with van der Waals surface area (Å²) >= 11 is 12.7. The molecule has 0 unspecified atom stereocenters. The van der Waals surface area contributed by atoms with E-state index in [2.05, 4.69) is 5.32 Å². The van der Waals surface area contributed by atoms with Crippen molar-refractivity contribution in [2.24, 2.45) is 0 Å². The third-order valence-corrected chi connectivity index (χ3v) is 11.0. The molecule has 4 aromatic carbocycles. The van der Waals surface area contributed by atoms with Gasteiger partial charge in [0.25, 0.3) is 10.0 Å². The van der Waals surface area contributed by atoms with Crippen LogP contribution in [0.1, 0.15) is 48.8 Å². The number of hydrogen-bond donors (Lipinski definition) is 1. The van der Waals surface area contributed by atoms with Crippen LogP contribution in [-0.2, 0) is 38.8 Å². The lowest BCUT2D eigenvalue weighted by atomic mass is 9.94. The SMILES string of the molecule is O=C(NC1CCCCC1)[C@H](Cc1ccccc1)N(Cc1ccc(Cl)cc1Cl)C(=O)CN(c1cccc(C(F)(F)F)c1)S(=O)(=O)c1ccccc1. The predicted octanol–water partition coefficient (Wildman–Crippen LogP) is 8.30. The molecule has 1 saturated carbocycles. The third-order valence-electron chi connectivity index (χ3n) is 8.65. The molecule has 0 spiro atoms. The van der Waals surface area contributed by atoms with Gasteiger partial charge in [-0.3, -0.25) is 13.9 Å². The Bertz CT molecular complexity index is 1890. The molecule has 1 fully saturated rings. The summed E-state index contributed by atoms with van der Waals surface area (Å²) < 4.78 is 70.4. The Balaban J connectivity index is 1.60. The quantitative estimate of drug-likeness (QED) is 0.158. The Morgan fingerprint density at radius 2 is 1.50 bits per heavy atom. The van der Waals surface area contributed by atoms with Crippen molar-refractivity contribution in [3.05, 3.63) is 130 Å². The molecule has 1 N–H and O–H groups in total. The minimum atomic E-state index is -4.78. The van der Waals surface area contributed by atoms with Crippen molar-refractivity contribution in [3.8, 4) is 0 Å². The highest BCUT2D eigenvalue weighted by Gasteiger charge is 2.37. The number of anilines is 1. The molecule has 5 rings (SSSR count). The lowest BCUT2D eigenvalue weighted by molar-refractivity contribution is -0.140. The second kappa shape index (κ2) is 16.3. The van der Waals surface area contributed by atoms with Gasteiger partial charge in [-0.2, -0.15) is 13.2 Å². The second-order valence-electron chi connectivity index (χ2n) is 12.2. The smallest absolute Gasteiger partial charge is 0.352 e. The molecule has 0 radical (unpaired) electrons. The van der Waals surface area contributed by atoms with E-state index in [0.29, 0.717) is 21.0 Å². The molecule has 7 nitrogen and oxygen atoms in total. The molecule has 1 atom stereocenters. The standard InChI is InChI=1S/C37H36Cl2F3N3O4S/c38-29-20-19-27(33(39)23-29)24-44(34(21-26-11-4-1-5-12-26)36(47)43-30-14-6-2-7-15-30)35(46)25-45(50(48,49)32-17-8-3-9-18-32)31-16-10-13-28(22-31)37(40,41)42/h1,3-5,8-13,16-20,22-23,30,34H,2,6-7,14-15,21,24-25H2,(H,43,47)/t34-/m0/s1. The van der Waals surface area contributed by atoms with Crippen molar-refractivity contribution in [2.75, 3.05) is 10.8 Å². The number of carbonyl (C=O) groups excluding carboxylic acids is 2. The summed E-state index contributed by atoms with van der Waals surface area (Å²) in [6, 6.07) is 23.4. The molecule has 0 aromatic heterocycles. The topological polar surface area (TPSA) is 86.8 Å². The lowest BCUT2D eigenvalue weighted by Gasteiger charge is -2.35.